The lowest BCUT2D eigenvalue weighted by molar-refractivity contribution is 0.0314. The minimum Gasteiger partial charge on any atom is -0.385 e. The standard InChI is InChI=1S/C26H22F2N8O2/c1-13-10-29-20(36-7-3-4-18(24(36)37)26(2,38)14-5-6-14)9-16(13)21-17-12-31-25(32-22(17)35-34-21)33-23-19(28)8-15(27)11-30-23/h3-4,7-12,14,38H,5-6H2,1-2H3,(H2,30,31,32,33,34,35)/t26-/m1/s1. The summed E-state index contributed by atoms with van der Waals surface area (Å²) in [6.07, 6.45) is 7.43. The molecule has 0 bridgehead atoms. The number of hydrogen-bond donors (Lipinski definition) is 3. The molecule has 3 N–H and O–H groups in total. The first-order valence-electron chi connectivity index (χ1n) is 11.9. The maximum Gasteiger partial charge on any atom is 0.262 e. The highest BCUT2D eigenvalue weighted by Crippen LogP contribution is 2.44. The molecule has 10 nitrogen and oxygen atoms in total. The number of rotatable bonds is 6. The normalized spacial score (nSPS) is 15.0. The maximum absolute atomic E-state index is 14.0. The first-order chi connectivity index (χ1) is 18.2. The lowest BCUT2D eigenvalue weighted by Crippen LogP contribution is -2.34. The molecule has 0 unspecified atom stereocenters. The quantitative estimate of drug-likeness (QED) is 0.309. The molecule has 0 aromatic carbocycles. The molecule has 38 heavy (non-hydrogen) atoms. The van der Waals surface area contributed by atoms with Crippen molar-refractivity contribution in [3.8, 4) is 17.1 Å². The summed E-state index contributed by atoms with van der Waals surface area (Å²) in [6.45, 7) is 3.55. The van der Waals surface area contributed by atoms with Gasteiger partial charge in [-0.3, -0.25) is 14.5 Å². The molecule has 1 fully saturated rings. The molecule has 0 aliphatic heterocycles. The van der Waals surface area contributed by atoms with Gasteiger partial charge in [0.1, 0.15) is 11.6 Å². The summed E-state index contributed by atoms with van der Waals surface area (Å²) in [5.74, 6) is -1.41. The van der Waals surface area contributed by atoms with E-state index in [0.29, 0.717) is 34.2 Å². The number of fused-ring (bicyclic) bond motifs is 1. The van der Waals surface area contributed by atoms with Crippen LogP contribution in [0.2, 0.25) is 0 Å². The summed E-state index contributed by atoms with van der Waals surface area (Å²) in [4.78, 5) is 30.0. The number of H-pyrrole nitrogens is 1. The Kier molecular flexibility index (Phi) is 5.49. The molecule has 0 spiro atoms. The van der Waals surface area contributed by atoms with Gasteiger partial charge in [-0.1, -0.05) is 0 Å². The number of aryl methyl sites for hydroxylation is 1. The van der Waals surface area contributed by atoms with Gasteiger partial charge in [0.05, 0.1) is 22.9 Å². The Morgan fingerprint density at radius 1 is 1.16 bits per heavy atom. The number of aromatic nitrogens is 7. The van der Waals surface area contributed by atoms with Crippen LogP contribution in [0.15, 0.2) is 53.8 Å². The Morgan fingerprint density at radius 3 is 2.74 bits per heavy atom. The van der Waals surface area contributed by atoms with Crippen molar-refractivity contribution in [2.24, 2.45) is 5.92 Å². The van der Waals surface area contributed by atoms with Crippen LogP contribution in [0.4, 0.5) is 20.5 Å². The van der Waals surface area contributed by atoms with Gasteiger partial charge in [0.15, 0.2) is 17.3 Å². The van der Waals surface area contributed by atoms with E-state index in [9.17, 15) is 18.7 Å². The molecule has 192 valence electrons. The first kappa shape index (κ1) is 23.8. The van der Waals surface area contributed by atoms with E-state index in [1.54, 1.807) is 37.5 Å². The Balaban J connectivity index is 1.37. The second-order valence-electron chi connectivity index (χ2n) is 9.51. The van der Waals surface area contributed by atoms with Crippen LogP contribution in [0.5, 0.6) is 0 Å². The van der Waals surface area contributed by atoms with Crippen LogP contribution in [0.3, 0.4) is 0 Å². The van der Waals surface area contributed by atoms with Crippen molar-refractivity contribution < 1.29 is 13.9 Å². The fourth-order valence-electron chi connectivity index (χ4n) is 4.52. The van der Waals surface area contributed by atoms with Gasteiger partial charge < -0.3 is 10.4 Å². The van der Waals surface area contributed by atoms with Crippen molar-refractivity contribution in [3.63, 3.8) is 0 Å². The van der Waals surface area contributed by atoms with Gasteiger partial charge in [-0.25, -0.2) is 23.7 Å². The molecule has 1 aliphatic carbocycles. The maximum atomic E-state index is 14.0. The van der Waals surface area contributed by atoms with Crippen molar-refractivity contribution in [3.05, 3.63) is 82.2 Å². The zero-order chi connectivity index (χ0) is 26.6. The zero-order valence-corrected chi connectivity index (χ0v) is 20.4. The van der Waals surface area contributed by atoms with Gasteiger partial charge in [0.2, 0.25) is 5.95 Å². The number of hydrogen-bond acceptors (Lipinski definition) is 8. The number of aliphatic hydroxyl groups is 1. The number of anilines is 2. The Morgan fingerprint density at radius 2 is 1.97 bits per heavy atom. The van der Waals surface area contributed by atoms with E-state index in [1.807, 2.05) is 6.92 Å². The predicted molar refractivity (Wildman–Crippen MR) is 135 cm³/mol. The van der Waals surface area contributed by atoms with Crippen LogP contribution >= 0.6 is 0 Å². The molecule has 0 saturated heterocycles. The molecular weight excluding hydrogens is 494 g/mol. The van der Waals surface area contributed by atoms with Gasteiger partial charge >= 0.3 is 0 Å². The number of nitrogens with one attached hydrogen (secondary N) is 2. The molecule has 5 aromatic heterocycles. The highest BCUT2D eigenvalue weighted by Gasteiger charge is 2.43. The average molecular weight is 517 g/mol. The van der Waals surface area contributed by atoms with Crippen LogP contribution in [-0.4, -0.2) is 39.8 Å². The monoisotopic (exact) mass is 516 g/mol. The zero-order valence-electron chi connectivity index (χ0n) is 20.4. The molecule has 12 heteroatoms. The van der Waals surface area contributed by atoms with E-state index < -0.39 is 17.2 Å². The molecule has 0 amide bonds. The van der Waals surface area contributed by atoms with Crippen molar-refractivity contribution in [2.45, 2.75) is 32.3 Å². The molecular formula is C26H22F2N8O2. The molecule has 1 saturated carbocycles. The first-order valence-corrected chi connectivity index (χ1v) is 11.9. The van der Waals surface area contributed by atoms with Crippen LogP contribution in [0, 0.1) is 24.5 Å². The van der Waals surface area contributed by atoms with E-state index in [-0.39, 0.29) is 23.2 Å². The summed E-state index contributed by atoms with van der Waals surface area (Å²) in [5.41, 5.74) is 1.24. The topological polar surface area (TPSA) is 134 Å². The fraction of sp³-hybridized carbons (Fsp3) is 0.231. The molecule has 0 radical (unpaired) electrons. The number of nitrogens with zero attached hydrogens (tertiary/aromatic N) is 6. The summed E-state index contributed by atoms with van der Waals surface area (Å²) < 4.78 is 28.5. The summed E-state index contributed by atoms with van der Waals surface area (Å²) in [6, 6.07) is 5.84. The Hall–Kier alpha value is -4.58. The smallest absolute Gasteiger partial charge is 0.262 e. The number of halogens is 2. The lowest BCUT2D eigenvalue weighted by Gasteiger charge is -2.23. The molecule has 5 aromatic rings. The minimum atomic E-state index is -1.21. The van der Waals surface area contributed by atoms with Crippen molar-refractivity contribution >= 4 is 22.8 Å². The molecule has 1 atom stereocenters. The van der Waals surface area contributed by atoms with Crippen molar-refractivity contribution in [2.75, 3.05) is 5.32 Å². The SMILES string of the molecule is Cc1cnc(-n2cccc([C@](C)(O)C3CC3)c2=O)cc1-c1[nH]nc2nc(Nc3ncc(F)cc3F)ncc12. The highest BCUT2D eigenvalue weighted by atomic mass is 19.1. The van der Waals surface area contributed by atoms with Gasteiger partial charge in [-0.2, -0.15) is 10.1 Å². The second kappa shape index (κ2) is 8.77. The predicted octanol–water partition coefficient (Wildman–Crippen LogP) is 3.91. The van der Waals surface area contributed by atoms with E-state index in [0.717, 1.165) is 30.2 Å². The minimum absolute atomic E-state index is 0.0341. The summed E-state index contributed by atoms with van der Waals surface area (Å²) in [7, 11) is 0. The molecule has 6 rings (SSSR count). The Bertz CT molecular complexity index is 1760. The number of pyridine rings is 3. The highest BCUT2D eigenvalue weighted by molar-refractivity contribution is 5.91. The van der Waals surface area contributed by atoms with Crippen LogP contribution < -0.4 is 10.9 Å². The van der Waals surface area contributed by atoms with Crippen LogP contribution in [0.1, 0.15) is 30.9 Å². The third-order valence-corrected chi connectivity index (χ3v) is 6.82. The van der Waals surface area contributed by atoms with Gasteiger partial charge in [0.25, 0.3) is 5.56 Å². The molecule has 1 aliphatic rings. The van der Waals surface area contributed by atoms with E-state index in [1.165, 1.54) is 10.8 Å². The summed E-state index contributed by atoms with van der Waals surface area (Å²) >= 11 is 0. The van der Waals surface area contributed by atoms with Crippen molar-refractivity contribution in [1.29, 1.82) is 0 Å². The van der Waals surface area contributed by atoms with Crippen LogP contribution in [-0.2, 0) is 5.60 Å². The lowest BCUT2D eigenvalue weighted by atomic mass is 9.92. The second-order valence-corrected chi connectivity index (χ2v) is 9.51. The number of aromatic amines is 1. The fourth-order valence-corrected chi connectivity index (χ4v) is 4.52. The van der Waals surface area contributed by atoms with Crippen molar-refractivity contribution in [1.82, 2.24) is 34.7 Å². The van der Waals surface area contributed by atoms with E-state index in [4.69, 9.17) is 0 Å². The average Bonchev–Trinajstić information content (AvgIpc) is 3.68. The van der Waals surface area contributed by atoms with Crippen LogP contribution in [0.25, 0.3) is 28.1 Å². The van der Waals surface area contributed by atoms with Gasteiger partial charge in [0, 0.05) is 35.8 Å². The summed E-state index contributed by atoms with van der Waals surface area (Å²) in [5, 5.41) is 21.4. The van der Waals surface area contributed by atoms with E-state index >= 15 is 0 Å². The third kappa shape index (κ3) is 4.08. The van der Waals surface area contributed by atoms with E-state index in [2.05, 4.69) is 35.5 Å². The third-order valence-electron chi connectivity index (χ3n) is 6.82. The molecule has 5 heterocycles. The largest absolute Gasteiger partial charge is 0.385 e. The van der Waals surface area contributed by atoms with Gasteiger partial charge in [-0.05, 0) is 56.4 Å². The van der Waals surface area contributed by atoms with Gasteiger partial charge in [-0.15, -0.1) is 0 Å². The Labute approximate surface area is 214 Å².